The number of benzene rings is 4. The van der Waals surface area contributed by atoms with Crippen LogP contribution in [0.4, 0.5) is 17.1 Å². The van der Waals surface area contributed by atoms with Crippen LogP contribution in [0.5, 0.6) is 11.5 Å². The van der Waals surface area contributed by atoms with Crippen LogP contribution in [0.15, 0.2) is 91.0 Å². The highest BCUT2D eigenvalue weighted by atomic mass is 16.6. The van der Waals surface area contributed by atoms with Gasteiger partial charge in [0.1, 0.15) is 11.5 Å². The summed E-state index contributed by atoms with van der Waals surface area (Å²) >= 11 is 0. The Morgan fingerprint density at radius 2 is 1.46 bits per heavy atom. The first kappa shape index (κ1) is 25.1. The number of rotatable bonds is 7. The topological polar surface area (TPSA) is 50.8 Å². The molecule has 0 saturated heterocycles. The number of nitrogens with one attached hydrogen (secondary N) is 1. The number of esters is 1. The fraction of sp³-hybridized carbons (Fsp3) is 0.265. The standard InChI is InChI=1S/C34H34N2O3/c1-5-22(3)36(23(4)6-2)26-17-18-29-32(21-26)38-31-19-16-25(35-24-12-8-7-9-13-24)20-30(31)34(29)28-15-11-10-14-27(28)33(37)39-34/h7-23,35H,5-6H2,1-4H3. The van der Waals surface area contributed by atoms with Crippen LogP contribution in [0, 0.1) is 0 Å². The lowest BCUT2D eigenvalue weighted by Crippen LogP contribution is -2.40. The first-order valence-corrected chi connectivity index (χ1v) is 13.9. The Hall–Kier alpha value is -4.25. The van der Waals surface area contributed by atoms with Gasteiger partial charge in [0.2, 0.25) is 0 Å². The smallest absolute Gasteiger partial charge is 0.340 e. The number of nitrogens with zero attached hydrogens (tertiary/aromatic N) is 1. The average molecular weight is 519 g/mol. The first-order valence-electron chi connectivity index (χ1n) is 13.9. The Balaban J connectivity index is 1.53. The minimum Gasteiger partial charge on any atom is -0.456 e. The molecule has 2 aliphatic rings. The molecule has 0 bridgehead atoms. The molecule has 0 amide bonds. The van der Waals surface area contributed by atoms with Gasteiger partial charge in [-0.15, -0.1) is 0 Å². The van der Waals surface area contributed by atoms with Crippen molar-refractivity contribution in [2.75, 3.05) is 10.2 Å². The van der Waals surface area contributed by atoms with E-state index >= 15 is 0 Å². The summed E-state index contributed by atoms with van der Waals surface area (Å²) in [6.45, 7) is 8.96. The fourth-order valence-electron chi connectivity index (χ4n) is 5.92. The maximum Gasteiger partial charge on any atom is 0.340 e. The van der Waals surface area contributed by atoms with E-state index in [1.807, 2.05) is 72.8 Å². The van der Waals surface area contributed by atoms with Gasteiger partial charge in [0.05, 0.1) is 5.56 Å². The molecule has 1 spiro atoms. The Morgan fingerprint density at radius 3 is 2.21 bits per heavy atom. The quantitative estimate of drug-likeness (QED) is 0.249. The van der Waals surface area contributed by atoms with Gasteiger partial charge in [-0.05, 0) is 75.2 Å². The predicted molar refractivity (Wildman–Crippen MR) is 156 cm³/mol. The summed E-state index contributed by atoms with van der Waals surface area (Å²) in [5.41, 5.74) is 4.95. The number of carbonyl (C=O) groups is 1. The Bertz CT molecular complexity index is 1520. The maximum absolute atomic E-state index is 13.3. The van der Waals surface area contributed by atoms with Crippen molar-refractivity contribution in [2.45, 2.75) is 58.2 Å². The van der Waals surface area contributed by atoms with E-state index in [0.717, 1.165) is 46.6 Å². The lowest BCUT2D eigenvalue weighted by atomic mass is 9.77. The monoisotopic (exact) mass is 518 g/mol. The van der Waals surface area contributed by atoms with Gasteiger partial charge in [-0.1, -0.05) is 50.2 Å². The molecule has 0 fully saturated rings. The van der Waals surface area contributed by atoms with Crippen molar-refractivity contribution in [3.05, 3.63) is 113 Å². The fourth-order valence-corrected chi connectivity index (χ4v) is 5.92. The van der Waals surface area contributed by atoms with Gasteiger partial charge in [0.15, 0.2) is 5.60 Å². The SMILES string of the molecule is CCC(C)N(c1ccc2c(c1)Oc1ccc(Nc3ccccc3)cc1C21OC(=O)c2ccccc21)C(C)CC. The Morgan fingerprint density at radius 1 is 0.744 bits per heavy atom. The molecule has 2 heterocycles. The number of para-hydroxylation sites is 1. The molecule has 4 aromatic rings. The van der Waals surface area contributed by atoms with Crippen LogP contribution in [0.3, 0.4) is 0 Å². The number of anilines is 3. The molecule has 3 unspecified atom stereocenters. The summed E-state index contributed by atoms with van der Waals surface area (Å²) in [7, 11) is 0. The van der Waals surface area contributed by atoms with E-state index in [9.17, 15) is 4.79 Å². The molecule has 5 nitrogen and oxygen atoms in total. The maximum atomic E-state index is 13.3. The van der Waals surface area contributed by atoms with Crippen molar-refractivity contribution in [1.29, 1.82) is 0 Å². The molecule has 6 rings (SSSR count). The number of hydrogen-bond donors (Lipinski definition) is 1. The summed E-state index contributed by atoms with van der Waals surface area (Å²) in [5.74, 6) is 1.07. The summed E-state index contributed by atoms with van der Waals surface area (Å²) in [4.78, 5) is 15.7. The van der Waals surface area contributed by atoms with Gasteiger partial charge in [-0.3, -0.25) is 0 Å². The molecule has 5 heteroatoms. The third-order valence-electron chi connectivity index (χ3n) is 8.19. The molecule has 0 saturated carbocycles. The van der Waals surface area contributed by atoms with Crippen LogP contribution in [0.2, 0.25) is 0 Å². The molecule has 1 N–H and O–H groups in total. The molecule has 0 aliphatic carbocycles. The van der Waals surface area contributed by atoms with Crippen molar-refractivity contribution in [3.8, 4) is 11.5 Å². The van der Waals surface area contributed by atoms with Gasteiger partial charge in [-0.25, -0.2) is 4.79 Å². The van der Waals surface area contributed by atoms with E-state index in [4.69, 9.17) is 9.47 Å². The van der Waals surface area contributed by atoms with Crippen LogP contribution >= 0.6 is 0 Å². The number of hydrogen-bond acceptors (Lipinski definition) is 5. The van der Waals surface area contributed by atoms with E-state index in [0.29, 0.717) is 29.1 Å². The van der Waals surface area contributed by atoms with Crippen LogP contribution < -0.4 is 15.0 Å². The second-order valence-electron chi connectivity index (χ2n) is 10.5. The molecular weight excluding hydrogens is 484 g/mol. The normalized spacial score (nSPS) is 18.3. The van der Waals surface area contributed by atoms with Crippen molar-refractivity contribution in [2.24, 2.45) is 0 Å². The highest BCUT2D eigenvalue weighted by Gasteiger charge is 2.53. The van der Waals surface area contributed by atoms with Crippen LogP contribution in [-0.2, 0) is 10.3 Å². The van der Waals surface area contributed by atoms with Gasteiger partial charge in [0, 0.05) is 51.9 Å². The van der Waals surface area contributed by atoms with Crippen molar-refractivity contribution >= 4 is 23.0 Å². The average Bonchev–Trinajstić information content (AvgIpc) is 3.26. The number of fused-ring (bicyclic) bond motifs is 6. The minimum absolute atomic E-state index is 0.323. The first-order chi connectivity index (χ1) is 19.0. The van der Waals surface area contributed by atoms with Crippen LogP contribution in [-0.4, -0.2) is 18.1 Å². The zero-order valence-corrected chi connectivity index (χ0v) is 22.9. The van der Waals surface area contributed by atoms with Gasteiger partial charge < -0.3 is 19.7 Å². The largest absolute Gasteiger partial charge is 0.456 e. The molecule has 3 atom stereocenters. The van der Waals surface area contributed by atoms with Crippen molar-refractivity contribution < 1.29 is 14.3 Å². The van der Waals surface area contributed by atoms with Crippen LogP contribution in [0.25, 0.3) is 0 Å². The summed E-state index contributed by atoms with van der Waals surface area (Å²) in [5, 5.41) is 3.48. The third-order valence-corrected chi connectivity index (χ3v) is 8.19. The van der Waals surface area contributed by atoms with E-state index in [-0.39, 0.29) is 5.97 Å². The van der Waals surface area contributed by atoms with E-state index in [1.54, 1.807) is 0 Å². The lowest BCUT2D eigenvalue weighted by molar-refractivity contribution is 0.0224. The molecule has 39 heavy (non-hydrogen) atoms. The highest BCUT2D eigenvalue weighted by molar-refractivity contribution is 5.97. The summed E-state index contributed by atoms with van der Waals surface area (Å²) in [6, 6.07) is 30.8. The zero-order valence-electron chi connectivity index (χ0n) is 22.9. The second-order valence-corrected chi connectivity index (χ2v) is 10.5. The predicted octanol–water partition coefficient (Wildman–Crippen LogP) is 8.40. The molecule has 2 aliphatic heterocycles. The van der Waals surface area contributed by atoms with Crippen molar-refractivity contribution in [3.63, 3.8) is 0 Å². The lowest BCUT2D eigenvalue weighted by Gasteiger charge is -2.39. The second kappa shape index (κ2) is 9.81. The molecule has 4 aromatic carbocycles. The Labute approximate surface area is 230 Å². The molecule has 0 radical (unpaired) electrons. The molecular formula is C34H34N2O3. The van der Waals surface area contributed by atoms with Crippen molar-refractivity contribution in [1.82, 2.24) is 0 Å². The van der Waals surface area contributed by atoms with Gasteiger partial charge in [-0.2, -0.15) is 0 Å². The van der Waals surface area contributed by atoms with E-state index < -0.39 is 5.60 Å². The number of ether oxygens (including phenoxy) is 2. The Kier molecular flexibility index (Phi) is 6.30. The van der Waals surface area contributed by atoms with E-state index in [1.165, 1.54) is 0 Å². The number of carbonyl (C=O) groups excluding carboxylic acids is 1. The molecule has 0 aromatic heterocycles. The minimum atomic E-state index is -1.10. The van der Waals surface area contributed by atoms with E-state index in [2.05, 4.69) is 56.1 Å². The third kappa shape index (κ3) is 4.04. The summed E-state index contributed by atoms with van der Waals surface area (Å²) in [6.07, 6.45) is 2.08. The molecule has 198 valence electrons. The van der Waals surface area contributed by atoms with Gasteiger partial charge in [0.25, 0.3) is 0 Å². The summed E-state index contributed by atoms with van der Waals surface area (Å²) < 4.78 is 13.0. The van der Waals surface area contributed by atoms with Gasteiger partial charge >= 0.3 is 5.97 Å². The van der Waals surface area contributed by atoms with Crippen LogP contribution in [0.1, 0.15) is 67.6 Å². The zero-order chi connectivity index (χ0) is 27.1. The highest BCUT2D eigenvalue weighted by Crippen LogP contribution is 2.57.